The van der Waals surface area contributed by atoms with E-state index in [-0.39, 0.29) is 0 Å². The highest BCUT2D eigenvalue weighted by molar-refractivity contribution is 6.89. The molecule has 3 rings (SSSR count). The Balaban J connectivity index is 2.10. The van der Waals surface area contributed by atoms with Gasteiger partial charge in [0.1, 0.15) is 0 Å². The van der Waals surface area contributed by atoms with E-state index in [4.69, 9.17) is 27.9 Å². The fourth-order valence-electron chi connectivity index (χ4n) is 4.91. The summed E-state index contributed by atoms with van der Waals surface area (Å²) in [6, 6.07) is 0. The van der Waals surface area contributed by atoms with Crippen molar-refractivity contribution in [2.24, 2.45) is 0 Å². The largest absolute Gasteiger partial charge is 0.459 e. The van der Waals surface area contributed by atoms with E-state index in [2.05, 4.69) is 90.0 Å². The van der Waals surface area contributed by atoms with E-state index in [9.17, 15) is 0 Å². The summed E-state index contributed by atoms with van der Waals surface area (Å²) >= 11 is 0. The highest BCUT2D eigenvalue weighted by atomic mass is 16.7. The van der Waals surface area contributed by atoms with Crippen LogP contribution in [0.25, 0.3) is 0 Å². The maximum absolute atomic E-state index is 6.76. The quantitative estimate of drug-likeness (QED) is 0.273. The molecule has 35 heavy (non-hydrogen) atoms. The zero-order valence-corrected chi connectivity index (χ0v) is 24.9. The van der Waals surface area contributed by atoms with Gasteiger partial charge in [-0.05, 0) is 83.1 Å². The third-order valence-electron chi connectivity index (χ3n) is 9.79. The average Bonchev–Trinajstić information content (AvgIpc) is 3.13. The Morgan fingerprint density at radius 3 is 0.943 bits per heavy atom. The van der Waals surface area contributed by atoms with Gasteiger partial charge < -0.3 is 27.9 Å². The smallest absolute Gasteiger partial charge is 0.404 e. The first-order valence-corrected chi connectivity index (χ1v) is 13.8. The van der Waals surface area contributed by atoms with E-state index in [0.29, 0.717) is 0 Å². The molecule has 9 heteroatoms. The highest BCUT2D eigenvalue weighted by Crippen LogP contribution is 2.58. The molecule has 3 fully saturated rings. The molecule has 0 amide bonds. The molecule has 0 saturated carbocycles. The molecule has 3 aliphatic heterocycles. The Morgan fingerprint density at radius 1 is 0.429 bits per heavy atom. The van der Waals surface area contributed by atoms with Crippen LogP contribution in [0.4, 0.5) is 0 Å². The Morgan fingerprint density at radius 2 is 0.686 bits per heavy atom. The van der Waals surface area contributed by atoms with Crippen LogP contribution in [0.5, 0.6) is 0 Å². The van der Waals surface area contributed by atoms with Gasteiger partial charge in [0.2, 0.25) is 0 Å². The lowest BCUT2D eigenvalue weighted by Gasteiger charge is -2.38. The van der Waals surface area contributed by atoms with E-state index in [1.165, 1.54) is 19.3 Å². The van der Waals surface area contributed by atoms with Crippen LogP contribution in [0.3, 0.4) is 0 Å². The fourth-order valence-corrected chi connectivity index (χ4v) is 4.91. The van der Waals surface area contributed by atoms with Crippen molar-refractivity contribution in [3.8, 4) is 0 Å². The minimum atomic E-state index is -0.812. The summed E-state index contributed by atoms with van der Waals surface area (Å²) in [5, 5.41) is -0.812. The summed E-state index contributed by atoms with van der Waals surface area (Å²) in [4.78, 5) is 0. The van der Waals surface area contributed by atoms with Gasteiger partial charge in [-0.2, -0.15) is 0 Å². The number of hydrogen-bond acceptors (Lipinski definition) is 6. The van der Waals surface area contributed by atoms with Crippen molar-refractivity contribution in [1.29, 1.82) is 0 Å². The van der Waals surface area contributed by atoms with Crippen molar-refractivity contribution >= 4 is 21.4 Å². The third kappa shape index (κ3) is 5.04. The van der Waals surface area contributed by atoms with Gasteiger partial charge in [0.05, 0.1) is 38.7 Å². The molecule has 0 unspecified atom stereocenters. The van der Waals surface area contributed by atoms with Gasteiger partial charge in [-0.3, -0.25) is 0 Å². The number of hydrogen-bond donors (Lipinski definition) is 0. The molecule has 3 saturated heterocycles. The second kappa shape index (κ2) is 9.30. The third-order valence-corrected chi connectivity index (χ3v) is 9.79. The molecule has 3 heterocycles. The number of rotatable bonds is 9. The predicted octanol–water partition coefficient (Wildman–Crippen LogP) is 6.44. The first-order chi connectivity index (χ1) is 15.7. The highest BCUT2D eigenvalue weighted by Gasteiger charge is 2.76. The summed E-state index contributed by atoms with van der Waals surface area (Å²) in [6.45, 7) is 27.3. The minimum absolute atomic E-state index is 0.502. The summed E-state index contributed by atoms with van der Waals surface area (Å²) < 4.78 is 40.6. The lowest BCUT2D eigenvalue weighted by atomic mass is 9.23. The van der Waals surface area contributed by atoms with Gasteiger partial charge in [0.25, 0.3) is 0 Å². The monoisotopic (exact) mass is 492 g/mol. The summed E-state index contributed by atoms with van der Waals surface area (Å²) in [6.07, 6.45) is 6.49. The van der Waals surface area contributed by atoms with E-state index in [0.717, 1.165) is 19.3 Å². The van der Waals surface area contributed by atoms with Crippen LogP contribution in [0.1, 0.15) is 129 Å². The first kappa shape index (κ1) is 29.5. The zero-order valence-electron chi connectivity index (χ0n) is 24.9. The van der Waals surface area contributed by atoms with Crippen molar-refractivity contribution in [3.05, 3.63) is 0 Å². The zero-order chi connectivity index (χ0) is 26.7. The molecule has 200 valence electrons. The standard InChI is InChI=1S/C26H51B3O6/c1-14-15-16-17-18-19-26(27-30-20(2,3)21(4,5)31-27,28-32-22(6,7)23(8,9)33-28)29-34-24(10,11)25(12,13)35-29/h14-19H2,1-13H3. The van der Waals surface area contributed by atoms with Crippen LogP contribution < -0.4 is 0 Å². The molecule has 0 spiro atoms. The van der Waals surface area contributed by atoms with E-state index in [1.54, 1.807) is 0 Å². The Bertz CT molecular complexity index is 628. The second-order valence-electron chi connectivity index (χ2n) is 14.0. The van der Waals surface area contributed by atoms with Crippen molar-refractivity contribution in [1.82, 2.24) is 0 Å². The fraction of sp³-hybridized carbons (Fsp3) is 1.00. The SMILES string of the molecule is CCCCCCCC(B1OC(C)(C)C(C)(C)O1)(B1OC(C)(C)C(C)(C)O1)B1OC(C)(C)C(C)(C)O1. The lowest BCUT2D eigenvalue weighted by molar-refractivity contribution is 0.00578. The van der Waals surface area contributed by atoms with E-state index in [1.807, 2.05) is 0 Å². The van der Waals surface area contributed by atoms with Gasteiger partial charge >= 0.3 is 21.4 Å². The predicted molar refractivity (Wildman–Crippen MR) is 144 cm³/mol. The maximum atomic E-state index is 6.76. The topological polar surface area (TPSA) is 55.4 Å². The Kier molecular flexibility index (Phi) is 7.84. The molecule has 0 bridgehead atoms. The van der Waals surface area contributed by atoms with E-state index >= 15 is 0 Å². The number of unbranched alkanes of at least 4 members (excludes halogenated alkanes) is 4. The summed E-state index contributed by atoms with van der Waals surface area (Å²) in [5.41, 5.74) is -3.01. The van der Waals surface area contributed by atoms with Crippen molar-refractivity contribution in [2.75, 3.05) is 0 Å². The molecule has 3 aliphatic rings. The molecule has 0 atom stereocenters. The Labute approximate surface area is 216 Å². The summed E-state index contributed by atoms with van der Waals surface area (Å²) in [7, 11) is -1.82. The van der Waals surface area contributed by atoms with Crippen LogP contribution in [0, 0.1) is 0 Å². The molecule has 0 aliphatic carbocycles. The normalized spacial score (nSPS) is 28.2. The molecule has 0 aromatic heterocycles. The molecule has 0 aromatic carbocycles. The van der Waals surface area contributed by atoms with Crippen LogP contribution in [0.2, 0.25) is 5.11 Å². The summed E-state index contributed by atoms with van der Waals surface area (Å²) in [5.74, 6) is 0. The van der Waals surface area contributed by atoms with Crippen LogP contribution >= 0.6 is 0 Å². The van der Waals surface area contributed by atoms with Crippen molar-refractivity contribution in [3.63, 3.8) is 0 Å². The molecular formula is C26H51B3O6. The van der Waals surface area contributed by atoms with Gasteiger partial charge in [-0.15, -0.1) is 0 Å². The van der Waals surface area contributed by atoms with E-state index < -0.39 is 60.1 Å². The van der Waals surface area contributed by atoms with Gasteiger partial charge in [0, 0.05) is 0 Å². The lowest BCUT2D eigenvalue weighted by Crippen LogP contribution is -2.58. The Hall–Kier alpha value is -0.0452. The van der Waals surface area contributed by atoms with Gasteiger partial charge in [0.15, 0.2) is 0 Å². The minimum Gasteiger partial charge on any atom is -0.404 e. The van der Waals surface area contributed by atoms with Gasteiger partial charge in [-0.1, -0.05) is 45.4 Å². The van der Waals surface area contributed by atoms with Crippen LogP contribution in [-0.2, 0) is 27.9 Å². The molecular weight excluding hydrogens is 441 g/mol. The second-order valence-corrected chi connectivity index (χ2v) is 14.0. The maximum Gasteiger partial charge on any atom is 0.459 e. The molecule has 0 aromatic rings. The van der Waals surface area contributed by atoms with Crippen molar-refractivity contribution < 1.29 is 27.9 Å². The van der Waals surface area contributed by atoms with Crippen molar-refractivity contribution in [2.45, 2.75) is 167 Å². The first-order valence-electron chi connectivity index (χ1n) is 13.8. The average molecular weight is 492 g/mol. The van der Waals surface area contributed by atoms with Gasteiger partial charge in [-0.25, -0.2) is 0 Å². The molecule has 0 N–H and O–H groups in total. The molecule has 0 radical (unpaired) electrons. The van der Waals surface area contributed by atoms with Crippen LogP contribution in [-0.4, -0.2) is 55.0 Å². The van der Waals surface area contributed by atoms with Crippen LogP contribution in [0.15, 0.2) is 0 Å². The molecule has 6 nitrogen and oxygen atoms in total.